The first-order valence-corrected chi connectivity index (χ1v) is 11.6. The van der Waals surface area contributed by atoms with Crippen LogP contribution in [0.5, 0.6) is 0 Å². The molecule has 1 unspecified atom stereocenters. The zero-order valence-electron chi connectivity index (χ0n) is 18.2. The van der Waals surface area contributed by atoms with Gasteiger partial charge in [-0.05, 0) is 82.5 Å². The van der Waals surface area contributed by atoms with Crippen molar-refractivity contribution in [2.24, 2.45) is 11.3 Å². The third-order valence-electron chi connectivity index (χ3n) is 7.21. The lowest BCUT2D eigenvalue weighted by Crippen LogP contribution is -2.54. The van der Waals surface area contributed by atoms with Gasteiger partial charge in [-0.3, -0.25) is 0 Å². The molecular formula is C22H45N3O. The van der Waals surface area contributed by atoms with Crippen molar-refractivity contribution < 1.29 is 5.21 Å². The Labute approximate surface area is 162 Å². The third-order valence-corrected chi connectivity index (χ3v) is 7.21. The highest BCUT2D eigenvalue weighted by Crippen LogP contribution is 2.50. The van der Waals surface area contributed by atoms with E-state index >= 15 is 0 Å². The van der Waals surface area contributed by atoms with Crippen molar-refractivity contribution in [1.29, 1.82) is 0 Å². The largest absolute Gasteiger partial charge is 0.314 e. The number of piperidine rings is 1. The molecule has 1 N–H and O–H groups in total. The van der Waals surface area contributed by atoms with Gasteiger partial charge in [0.25, 0.3) is 0 Å². The summed E-state index contributed by atoms with van der Waals surface area (Å²) in [7, 11) is 0. The van der Waals surface area contributed by atoms with Crippen molar-refractivity contribution in [2.45, 2.75) is 91.6 Å². The summed E-state index contributed by atoms with van der Waals surface area (Å²) in [6.07, 6.45) is 9.56. The van der Waals surface area contributed by atoms with Gasteiger partial charge in [-0.15, -0.1) is 0 Å². The summed E-state index contributed by atoms with van der Waals surface area (Å²) < 4.78 is 0. The van der Waals surface area contributed by atoms with Crippen LogP contribution in [0.2, 0.25) is 0 Å². The van der Waals surface area contributed by atoms with Crippen LogP contribution in [-0.2, 0) is 0 Å². The first-order valence-electron chi connectivity index (χ1n) is 11.6. The van der Waals surface area contributed by atoms with E-state index in [4.69, 9.17) is 0 Å². The highest BCUT2D eigenvalue weighted by atomic mass is 16.5. The average Bonchev–Trinajstić information content (AvgIpc) is 3.30. The van der Waals surface area contributed by atoms with E-state index in [0.717, 1.165) is 31.1 Å². The molecule has 0 aromatic heterocycles. The van der Waals surface area contributed by atoms with Crippen LogP contribution in [0.1, 0.15) is 79.6 Å². The van der Waals surface area contributed by atoms with Gasteiger partial charge in [-0.2, -0.15) is 5.06 Å². The Morgan fingerprint density at radius 1 is 0.923 bits per heavy atom. The molecule has 26 heavy (non-hydrogen) atoms. The van der Waals surface area contributed by atoms with E-state index in [0.29, 0.717) is 5.41 Å². The van der Waals surface area contributed by atoms with Crippen molar-refractivity contribution >= 4 is 0 Å². The summed E-state index contributed by atoms with van der Waals surface area (Å²) in [5.74, 6) is 0.951. The number of hydroxylamine groups is 2. The quantitative estimate of drug-likeness (QED) is 0.796. The van der Waals surface area contributed by atoms with Crippen LogP contribution >= 0.6 is 0 Å². The lowest BCUT2D eigenvalue weighted by atomic mass is 9.64. The topological polar surface area (TPSA) is 30.0 Å². The molecule has 1 saturated carbocycles. The smallest absolute Gasteiger partial charge is 0.0296 e. The Hall–Kier alpha value is -0.160. The molecule has 1 atom stereocenters. The molecule has 0 amide bonds. The zero-order valence-corrected chi connectivity index (χ0v) is 18.2. The second-order valence-electron chi connectivity index (χ2n) is 8.41. The molecule has 4 heteroatoms. The van der Waals surface area contributed by atoms with Crippen molar-refractivity contribution in [1.82, 2.24) is 14.9 Å². The van der Waals surface area contributed by atoms with Gasteiger partial charge >= 0.3 is 0 Å². The third kappa shape index (κ3) is 4.81. The Morgan fingerprint density at radius 3 is 2.12 bits per heavy atom. The number of hydrogen-bond donors (Lipinski definition) is 1. The Balaban J connectivity index is 0.000000570. The van der Waals surface area contributed by atoms with E-state index in [1.54, 1.807) is 5.06 Å². The molecule has 154 valence electrons. The van der Waals surface area contributed by atoms with Gasteiger partial charge in [-0.1, -0.05) is 34.6 Å². The maximum atomic E-state index is 9.65. The first kappa shape index (κ1) is 22.1. The van der Waals surface area contributed by atoms with E-state index in [1.165, 1.54) is 71.1 Å². The van der Waals surface area contributed by atoms with Crippen LogP contribution < -0.4 is 0 Å². The fraction of sp³-hybridized carbons (Fsp3) is 1.00. The summed E-state index contributed by atoms with van der Waals surface area (Å²) in [5, 5.41) is 11.2. The molecule has 1 spiro atoms. The molecule has 0 radical (unpaired) electrons. The SMILES string of the molecule is CC.CC.CCN1CCCC1C1CCN(C2CC3(CCN(O)C3)C2)CC1. The highest BCUT2D eigenvalue weighted by molar-refractivity contribution is 5.03. The highest BCUT2D eigenvalue weighted by Gasteiger charge is 2.50. The second kappa shape index (κ2) is 10.4. The summed E-state index contributed by atoms with van der Waals surface area (Å²) in [6, 6.07) is 1.70. The van der Waals surface area contributed by atoms with Gasteiger partial charge in [0, 0.05) is 25.2 Å². The predicted octanol–water partition coefficient (Wildman–Crippen LogP) is 4.48. The van der Waals surface area contributed by atoms with E-state index in [2.05, 4.69) is 16.7 Å². The van der Waals surface area contributed by atoms with Gasteiger partial charge in [0.15, 0.2) is 0 Å². The minimum atomic E-state index is 0.473. The van der Waals surface area contributed by atoms with Crippen molar-refractivity contribution in [3.05, 3.63) is 0 Å². The molecule has 4 aliphatic rings. The minimum Gasteiger partial charge on any atom is -0.314 e. The molecule has 1 aliphatic carbocycles. The number of hydrogen-bond acceptors (Lipinski definition) is 4. The molecule has 4 nitrogen and oxygen atoms in total. The molecule has 3 aliphatic heterocycles. The summed E-state index contributed by atoms with van der Waals surface area (Å²) >= 11 is 0. The van der Waals surface area contributed by atoms with Crippen LogP contribution in [-0.4, -0.2) is 71.4 Å². The van der Waals surface area contributed by atoms with E-state index in [1.807, 2.05) is 27.7 Å². The number of nitrogens with zero attached hydrogens (tertiary/aromatic N) is 3. The molecule has 0 bridgehead atoms. The normalized spacial score (nSPS) is 36.2. The maximum absolute atomic E-state index is 9.65. The van der Waals surface area contributed by atoms with Crippen LogP contribution in [0, 0.1) is 11.3 Å². The second-order valence-corrected chi connectivity index (χ2v) is 8.41. The average molecular weight is 368 g/mol. The van der Waals surface area contributed by atoms with Crippen LogP contribution in [0.3, 0.4) is 0 Å². The number of rotatable bonds is 3. The van der Waals surface area contributed by atoms with Gasteiger partial charge in [-0.25, -0.2) is 0 Å². The van der Waals surface area contributed by atoms with Gasteiger partial charge in [0.05, 0.1) is 0 Å². The minimum absolute atomic E-state index is 0.473. The summed E-state index contributed by atoms with van der Waals surface area (Å²) in [5.41, 5.74) is 0.473. The molecule has 3 heterocycles. The Morgan fingerprint density at radius 2 is 1.58 bits per heavy atom. The van der Waals surface area contributed by atoms with Gasteiger partial charge < -0.3 is 15.0 Å². The standard InChI is InChI=1S/C18H33N3O.2C2H6/c1-2-19-8-3-4-17(19)15-5-9-20(10-6-15)16-12-18(13-16)7-11-21(22)14-18;2*1-2/h15-17,22H,2-14H2,1H3;2*1-2H3. The van der Waals surface area contributed by atoms with Gasteiger partial charge in [0.1, 0.15) is 0 Å². The Bertz CT molecular complexity index is 389. The lowest BCUT2D eigenvalue weighted by molar-refractivity contribution is -0.0949. The summed E-state index contributed by atoms with van der Waals surface area (Å²) in [4.78, 5) is 5.50. The van der Waals surface area contributed by atoms with Crippen molar-refractivity contribution in [2.75, 3.05) is 39.3 Å². The van der Waals surface area contributed by atoms with Gasteiger partial charge in [0.2, 0.25) is 0 Å². The zero-order chi connectivity index (χ0) is 19.2. The summed E-state index contributed by atoms with van der Waals surface area (Å²) in [6.45, 7) is 17.4. The van der Waals surface area contributed by atoms with E-state index in [-0.39, 0.29) is 0 Å². The van der Waals surface area contributed by atoms with Crippen LogP contribution in [0.25, 0.3) is 0 Å². The van der Waals surface area contributed by atoms with Crippen LogP contribution in [0.4, 0.5) is 0 Å². The first-order chi connectivity index (χ1) is 12.7. The molecule has 4 fully saturated rings. The number of likely N-dealkylation sites (tertiary alicyclic amines) is 2. The monoisotopic (exact) mass is 367 g/mol. The maximum Gasteiger partial charge on any atom is 0.0296 e. The molecular weight excluding hydrogens is 322 g/mol. The fourth-order valence-electron chi connectivity index (χ4n) is 5.89. The molecule has 3 saturated heterocycles. The Kier molecular flexibility index (Phi) is 8.85. The lowest BCUT2D eigenvalue weighted by Gasteiger charge is -2.52. The van der Waals surface area contributed by atoms with Crippen molar-refractivity contribution in [3.8, 4) is 0 Å². The van der Waals surface area contributed by atoms with Crippen molar-refractivity contribution in [3.63, 3.8) is 0 Å². The van der Waals surface area contributed by atoms with E-state index in [9.17, 15) is 5.21 Å². The van der Waals surface area contributed by atoms with E-state index < -0.39 is 0 Å². The fourth-order valence-corrected chi connectivity index (χ4v) is 5.89. The molecule has 0 aromatic rings. The molecule has 0 aromatic carbocycles. The predicted molar refractivity (Wildman–Crippen MR) is 111 cm³/mol. The molecule has 4 rings (SSSR count). The van der Waals surface area contributed by atoms with Crippen LogP contribution in [0.15, 0.2) is 0 Å².